The summed E-state index contributed by atoms with van der Waals surface area (Å²) < 4.78 is 2.18. The van der Waals surface area contributed by atoms with Crippen LogP contribution < -0.4 is 11.1 Å². The van der Waals surface area contributed by atoms with Crippen molar-refractivity contribution >= 4 is 35.6 Å². The molecule has 0 amide bonds. The summed E-state index contributed by atoms with van der Waals surface area (Å²) in [5.41, 5.74) is 9.53. The van der Waals surface area contributed by atoms with Crippen LogP contribution in [0.15, 0.2) is 35.6 Å². The van der Waals surface area contributed by atoms with E-state index in [0.29, 0.717) is 5.96 Å². The monoisotopic (exact) mass is 411 g/mol. The molecule has 6 heteroatoms. The Labute approximate surface area is 148 Å². The minimum absolute atomic E-state index is 0. The molecule has 22 heavy (non-hydrogen) atoms. The molecule has 1 unspecified atom stereocenters. The Morgan fingerprint density at radius 3 is 2.95 bits per heavy atom. The highest BCUT2D eigenvalue weighted by atomic mass is 127. The lowest BCUT2D eigenvalue weighted by Gasteiger charge is -2.20. The zero-order valence-corrected chi connectivity index (χ0v) is 15.2. The van der Waals surface area contributed by atoms with Crippen LogP contribution in [0.4, 0.5) is 5.69 Å². The van der Waals surface area contributed by atoms with Gasteiger partial charge in [-0.25, -0.2) is 9.98 Å². The van der Waals surface area contributed by atoms with E-state index in [-0.39, 0.29) is 30.0 Å². The number of anilines is 1. The van der Waals surface area contributed by atoms with Gasteiger partial charge < -0.3 is 15.6 Å². The smallest absolute Gasteiger partial charge is 0.193 e. The molecule has 2 heterocycles. The van der Waals surface area contributed by atoms with Gasteiger partial charge in [-0.05, 0) is 43.5 Å². The van der Waals surface area contributed by atoms with Crippen molar-refractivity contribution in [1.82, 2.24) is 9.55 Å². The van der Waals surface area contributed by atoms with E-state index in [0.717, 1.165) is 30.9 Å². The van der Waals surface area contributed by atoms with Crippen molar-refractivity contribution in [1.29, 1.82) is 0 Å². The molecule has 0 saturated heterocycles. The van der Waals surface area contributed by atoms with Crippen molar-refractivity contribution in [3.63, 3.8) is 0 Å². The molecule has 1 aromatic heterocycles. The summed E-state index contributed by atoms with van der Waals surface area (Å²) in [6.07, 6.45) is 5.71. The SMILES string of the molecule is Cc1ccc(NC(N)=NC2CCn3ccnc3C2)cc1C.I. The van der Waals surface area contributed by atoms with Crippen LogP contribution in [0, 0.1) is 13.8 Å². The third-order valence-corrected chi connectivity index (χ3v) is 4.02. The Morgan fingerprint density at radius 1 is 1.36 bits per heavy atom. The van der Waals surface area contributed by atoms with Gasteiger partial charge in [-0.2, -0.15) is 0 Å². The second-order valence-corrected chi connectivity index (χ2v) is 5.62. The van der Waals surface area contributed by atoms with Gasteiger partial charge in [0.05, 0.1) is 6.04 Å². The number of aryl methyl sites for hydroxylation is 3. The van der Waals surface area contributed by atoms with Gasteiger partial charge in [0.1, 0.15) is 5.82 Å². The van der Waals surface area contributed by atoms with Crippen LogP contribution in [0.25, 0.3) is 0 Å². The number of aromatic nitrogens is 2. The number of benzene rings is 1. The van der Waals surface area contributed by atoms with Crippen LogP contribution in [-0.2, 0) is 13.0 Å². The van der Waals surface area contributed by atoms with E-state index in [9.17, 15) is 0 Å². The fourth-order valence-electron chi connectivity index (χ4n) is 2.64. The van der Waals surface area contributed by atoms with Gasteiger partial charge in [-0.1, -0.05) is 6.07 Å². The molecule has 0 bridgehead atoms. The lowest BCUT2D eigenvalue weighted by atomic mass is 10.1. The van der Waals surface area contributed by atoms with Crippen LogP contribution in [0.5, 0.6) is 0 Å². The van der Waals surface area contributed by atoms with E-state index in [1.165, 1.54) is 11.1 Å². The molecule has 0 spiro atoms. The molecular formula is C16H22IN5. The van der Waals surface area contributed by atoms with Gasteiger partial charge in [0, 0.05) is 31.0 Å². The summed E-state index contributed by atoms with van der Waals surface area (Å²) in [6.45, 7) is 5.15. The number of guanidine groups is 1. The van der Waals surface area contributed by atoms with Crippen molar-refractivity contribution in [2.75, 3.05) is 5.32 Å². The molecule has 5 nitrogen and oxygen atoms in total. The molecule has 118 valence electrons. The molecule has 0 fully saturated rings. The second-order valence-electron chi connectivity index (χ2n) is 5.62. The van der Waals surface area contributed by atoms with Gasteiger partial charge in [0.15, 0.2) is 5.96 Å². The molecule has 1 aromatic carbocycles. The minimum atomic E-state index is 0. The van der Waals surface area contributed by atoms with Crippen LogP contribution in [0.2, 0.25) is 0 Å². The van der Waals surface area contributed by atoms with Crippen molar-refractivity contribution in [3.8, 4) is 0 Å². The summed E-state index contributed by atoms with van der Waals surface area (Å²) >= 11 is 0. The fraction of sp³-hybridized carbons (Fsp3) is 0.375. The topological polar surface area (TPSA) is 68.2 Å². The predicted molar refractivity (Wildman–Crippen MR) is 101 cm³/mol. The van der Waals surface area contributed by atoms with Crippen LogP contribution in [0.1, 0.15) is 23.4 Å². The molecule has 1 atom stereocenters. The summed E-state index contributed by atoms with van der Waals surface area (Å²) in [7, 11) is 0. The third kappa shape index (κ3) is 3.79. The maximum Gasteiger partial charge on any atom is 0.193 e. The van der Waals surface area contributed by atoms with E-state index in [4.69, 9.17) is 5.73 Å². The fourth-order valence-corrected chi connectivity index (χ4v) is 2.64. The van der Waals surface area contributed by atoms with Gasteiger partial charge in [0.2, 0.25) is 0 Å². The molecule has 3 rings (SSSR count). The molecule has 1 aliphatic heterocycles. The molecule has 0 saturated carbocycles. The van der Waals surface area contributed by atoms with Crippen molar-refractivity contribution in [3.05, 3.63) is 47.5 Å². The molecule has 3 N–H and O–H groups in total. The number of imidazole rings is 1. The zero-order chi connectivity index (χ0) is 14.8. The third-order valence-electron chi connectivity index (χ3n) is 4.02. The lowest BCUT2D eigenvalue weighted by Crippen LogP contribution is -2.29. The van der Waals surface area contributed by atoms with Crippen molar-refractivity contribution in [2.45, 2.75) is 39.3 Å². The Morgan fingerprint density at radius 2 is 2.18 bits per heavy atom. The summed E-state index contributed by atoms with van der Waals surface area (Å²) in [5, 5.41) is 3.18. The zero-order valence-electron chi connectivity index (χ0n) is 12.9. The highest BCUT2D eigenvalue weighted by Gasteiger charge is 2.18. The standard InChI is InChI=1S/C16H21N5.HI/c1-11-3-4-13(9-12(11)2)19-16(17)20-14-5-7-21-8-6-18-15(21)10-14;/h3-4,6,8-9,14H,5,7,10H2,1-2H3,(H3,17,19,20);1H. The quantitative estimate of drug-likeness (QED) is 0.454. The number of halogens is 1. The van der Waals surface area contributed by atoms with Gasteiger partial charge >= 0.3 is 0 Å². The van der Waals surface area contributed by atoms with Crippen LogP contribution in [-0.4, -0.2) is 21.6 Å². The second kappa shape index (κ2) is 7.13. The van der Waals surface area contributed by atoms with E-state index in [2.05, 4.69) is 45.8 Å². The highest BCUT2D eigenvalue weighted by Crippen LogP contribution is 2.17. The summed E-state index contributed by atoms with van der Waals surface area (Å²) in [4.78, 5) is 8.94. The van der Waals surface area contributed by atoms with E-state index in [1.807, 2.05) is 18.5 Å². The Hall–Kier alpha value is -1.57. The summed E-state index contributed by atoms with van der Waals surface area (Å²) in [5.74, 6) is 1.57. The normalized spacial score (nSPS) is 17.5. The average molecular weight is 411 g/mol. The van der Waals surface area contributed by atoms with E-state index >= 15 is 0 Å². The molecule has 2 aromatic rings. The number of hydrogen-bond acceptors (Lipinski definition) is 2. The first-order chi connectivity index (χ1) is 10.1. The summed E-state index contributed by atoms with van der Waals surface area (Å²) in [6, 6.07) is 6.41. The first kappa shape index (κ1) is 16.8. The molecule has 1 aliphatic rings. The number of nitrogens with two attached hydrogens (primary N) is 1. The lowest BCUT2D eigenvalue weighted by molar-refractivity contribution is 0.465. The van der Waals surface area contributed by atoms with Crippen LogP contribution >= 0.6 is 24.0 Å². The highest BCUT2D eigenvalue weighted by molar-refractivity contribution is 14.0. The van der Waals surface area contributed by atoms with Gasteiger partial charge in [-0.15, -0.1) is 24.0 Å². The van der Waals surface area contributed by atoms with E-state index < -0.39 is 0 Å². The Kier molecular flexibility index (Phi) is 5.44. The number of hydrogen-bond donors (Lipinski definition) is 2. The number of rotatable bonds is 2. The number of nitrogens with zero attached hydrogens (tertiary/aromatic N) is 3. The predicted octanol–water partition coefficient (Wildman–Crippen LogP) is 2.86. The van der Waals surface area contributed by atoms with Gasteiger partial charge in [-0.3, -0.25) is 0 Å². The molecule has 0 aliphatic carbocycles. The Balaban J connectivity index is 0.00000176. The largest absolute Gasteiger partial charge is 0.370 e. The number of nitrogens with one attached hydrogen (secondary N) is 1. The maximum absolute atomic E-state index is 6.03. The Bertz CT molecular complexity index is 677. The van der Waals surface area contributed by atoms with Gasteiger partial charge in [0.25, 0.3) is 0 Å². The molecular weight excluding hydrogens is 389 g/mol. The van der Waals surface area contributed by atoms with Crippen molar-refractivity contribution in [2.24, 2.45) is 10.7 Å². The number of aliphatic imine (C=N–C) groups is 1. The average Bonchev–Trinajstić information content (AvgIpc) is 2.90. The molecule has 0 radical (unpaired) electrons. The maximum atomic E-state index is 6.03. The van der Waals surface area contributed by atoms with Crippen LogP contribution in [0.3, 0.4) is 0 Å². The van der Waals surface area contributed by atoms with E-state index in [1.54, 1.807) is 0 Å². The number of fused-ring (bicyclic) bond motifs is 1. The minimum Gasteiger partial charge on any atom is -0.370 e. The van der Waals surface area contributed by atoms with Crippen molar-refractivity contribution < 1.29 is 0 Å². The first-order valence-electron chi connectivity index (χ1n) is 7.29. The first-order valence-corrected chi connectivity index (χ1v) is 7.29.